The van der Waals surface area contributed by atoms with Crippen molar-refractivity contribution < 1.29 is 9.59 Å². The molecule has 24 heavy (non-hydrogen) atoms. The fourth-order valence-electron chi connectivity index (χ4n) is 2.70. The van der Waals surface area contributed by atoms with E-state index in [2.05, 4.69) is 10.3 Å². The number of fused-ring (bicyclic) bond motifs is 1. The van der Waals surface area contributed by atoms with E-state index in [9.17, 15) is 9.59 Å². The zero-order chi connectivity index (χ0) is 17.1. The number of carbonyl (C=O) groups excluding carboxylic acids is 2. The van der Waals surface area contributed by atoms with Crippen molar-refractivity contribution in [2.75, 3.05) is 11.9 Å². The third kappa shape index (κ3) is 2.93. The second-order valence-corrected chi connectivity index (χ2v) is 5.58. The molecule has 1 N–H and O–H groups in total. The van der Waals surface area contributed by atoms with Crippen molar-refractivity contribution in [1.29, 1.82) is 0 Å². The molecule has 0 saturated carbocycles. The van der Waals surface area contributed by atoms with Gasteiger partial charge in [0.2, 0.25) is 12.1 Å². The van der Waals surface area contributed by atoms with Crippen LogP contribution in [-0.4, -0.2) is 30.7 Å². The van der Waals surface area contributed by atoms with Gasteiger partial charge in [-0.1, -0.05) is 55.5 Å². The number of hydrogen-bond acceptors (Lipinski definition) is 3. The minimum absolute atomic E-state index is 0.205. The molecule has 0 bridgehead atoms. The summed E-state index contributed by atoms with van der Waals surface area (Å²) >= 11 is 0. The number of nitrogens with one attached hydrogen (secondary N) is 1. The summed E-state index contributed by atoms with van der Waals surface area (Å²) in [5.41, 5.74) is 3.25. The van der Waals surface area contributed by atoms with Crippen molar-refractivity contribution >= 4 is 23.2 Å². The summed E-state index contributed by atoms with van der Waals surface area (Å²) < 4.78 is 0. The van der Waals surface area contributed by atoms with E-state index in [-0.39, 0.29) is 11.8 Å². The molecule has 1 atom stereocenters. The summed E-state index contributed by atoms with van der Waals surface area (Å²) in [5, 5.41) is 2.71. The van der Waals surface area contributed by atoms with Crippen LogP contribution in [0.5, 0.6) is 0 Å². The lowest BCUT2D eigenvalue weighted by Crippen LogP contribution is -2.45. The predicted octanol–water partition coefficient (Wildman–Crippen LogP) is 2.35. The van der Waals surface area contributed by atoms with Crippen LogP contribution in [0.15, 0.2) is 59.6 Å². The zero-order valence-corrected chi connectivity index (χ0v) is 13.7. The first-order chi connectivity index (χ1) is 11.6. The van der Waals surface area contributed by atoms with Crippen molar-refractivity contribution in [3.63, 3.8) is 0 Å². The largest absolute Gasteiger partial charge is 0.327 e. The van der Waals surface area contributed by atoms with E-state index >= 15 is 0 Å². The number of nitrogens with zero attached hydrogens (tertiary/aromatic N) is 2. The number of hydrogen-bond donors (Lipinski definition) is 1. The predicted molar refractivity (Wildman–Crippen MR) is 94.2 cm³/mol. The van der Waals surface area contributed by atoms with Gasteiger partial charge < -0.3 is 10.2 Å². The molecule has 1 aliphatic rings. The van der Waals surface area contributed by atoms with Gasteiger partial charge in [-0.05, 0) is 6.07 Å². The standard InChI is InChI=1S/C19H19N3O2/c1-3-16(23)20-18-19(24)22(2)15-12-8-7-11-14(15)17(21-18)13-9-5-4-6-10-13/h4-12,18H,3H2,1-2H3,(H,20,23)/t18-/m0/s1. The lowest BCUT2D eigenvalue weighted by Gasteiger charge is -2.20. The van der Waals surface area contributed by atoms with E-state index in [1.165, 1.54) is 0 Å². The third-order valence-electron chi connectivity index (χ3n) is 4.01. The lowest BCUT2D eigenvalue weighted by molar-refractivity contribution is -0.127. The fraction of sp³-hybridized carbons (Fsp3) is 0.211. The Labute approximate surface area is 141 Å². The second-order valence-electron chi connectivity index (χ2n) is 5.58. The Kier molecular flexibility index (Phi) is 4.42. The van der Waals surface area contributed by atoms with Gasteiger partial charge in [0.1, 0.15) is 0 Å². The highest BCUT2D eigenvalue weighted by Crippen LogP contribution is 2.27. The van der Waals surface area contributed by atoms with Gasteiger partial charge in [-0.15, -0.1) is 0 Å². The number of para-hydroxylation sites is 1. The van der Waals surface area contributed by atoms with Gasteiger partial charge in [-0.3, -0.25) is 9.59 Å². The van der Waals surface area contributed by atoms with Crippen molar-refractivity contribution in [2.45, 2.75) is 19.5 Å². The van der Waals surface area contributed by atoms with Crippen LogP contribution in [0.2, 0.25) is 0 Å². The van der Waals surface area contributed by atoms with E-state index < -0.39 is 6.17 Å². The average Bonchev–Trinajstić information content (AvgIpc) is 2.73. The van der Waals surface area contributed by atoms with Crippen LogP contribution >= 0.6 is 0 Å². The van der Waals surface area contributed by atoms with Gasteiger partial charge in [0.15, 0.2) is 0 Å². The van der Waals surface area contributed by atoms with E-state index in [1.807, 2.05) is 54.6 Å². The Morgan fingerprint density at radius 3 is 2.50 bits per heavy atom. The minimum Gasteiger partial charge on any atom is -0.327 e. The van der Waals surface area contributed by atoms with Gasteiger partial charge in [-0.2, -0.15) is 0 Å². The normalized spacial score (nSPS) is 16.9. The van der Waals surface area contributed by atoms with Crippen molar-refractivity contribution in [3.05, 3.63) is 65.7 Å². The molecule has 2 aromatic carbocycles. The number of aliphatic imine (C=N–C) groups is 1. The number of benzodiazepines with no additional fused rings is 1. The van der Waals surface area contributed by atoms with Gasteiger partial charge in [0.05, 0.1) is 11.4 Å². The lowest BCUT2D eigenvalue weighted by atomic mass is 10.0. The molecule has 122 valence electrons. The van der Waals surface area contributed by atoms with Gasteiger partial charge in [0.25, 0.3) is 5.91 Å². The summed E-state index contributed by atoms with van der Waals surface area (Å²) in [6.45, 7) is 1.75. The SMILES string of the molecule is CCC(=O)N[C@H]1N=C(c2ccccc2)c2ccccc2N(C)C1=O. The van der Waals surface area contributed by atoms with Crippen molar-refractivity contribution in [1.82, 2.24) is 5.32 Å². The Balaban J connectivity index is 2.16. The van der Waals surface area contributed by atoms with E-state index in [0.29, 0.717) is 12.1 Å². The van der Waals surface area contributed by atoms with E-state index in [1.54, 1.807) is 18.9 Å². The van der Waals surface area contributed by atoms with Gasteiger partial charge in [-0.25, -0.2) is 4.99 Å². The number of benzene rings is 2. The number of likely N-dealkylation sites (N-methyl/N-ethyl adjacent to an activating group) is 1. The Morgan fingerprint density at radius 1 is 1.12 bits per heavy atom. The average molecular weight is 321 g/mol. The number of rotatable bonds is 3. The first kappa shape index (κ1) is 15.9. The molecule has 0 fully saturated rings. The second kappa shape index (κ2) is 6.66. The first-order valence-electron chi connectivity index (χ1n) is 7.91. The van der Waals surface area contributed by atoms with Crippen LogP contribution in [0, 0.1) is 0 Å². The zero-order valence-electron chi connectivity index (χ0n) is 13.7. The molecular formula is C19H19N3O2. The highest BCUT2D eigenvalue weighted by Gasteiger charge is 2.30. The number of amides is 2. The molecule has 0 aromatic heterocycles. The number of carbonyl (C=O) groups is 2. The van der Waals surface area contributed by atoms with Crippen molar-refractivity contribution in [3.8, 4) is 0 Å². The maximum Gasteiger partial charge on any atom is 0.272 e. The van der Waals surface area contributed by atoms with Crippen LogP contribution in [0.25, 0.3) is 0 Å². The summed E-state index contributed by atoms with van der Waals surface area (Å²) in [5.74, 6) is -0.459. The quantitative estimate of drug-likeness (QED) is 0.943. The van der Waals surface area contributed by atoms with Gasteiger partial charge in [0, 0.05) is 24.6 Å². The molecular weight excluding hydrogens is 302 g/mol. The Morgan fingerprint density at radius 2 is 1.79 bits per heavy atom. The van der Waals surface area contributed by atoms with E-state index in [4.69, 9.17) is 0 Å². The fourth-order valence-corrected chi connectivity index (χ4v) is 2.70. The molecule has 2 aromatic rings. The molecule has 1 heterocycles. The van der Waals surface area contributed by atoms with Crippen LogP contribution < -0.4 is 10.2 Å². The molecule has 0 spiro atoms. The highest BCUT2D eigenvalue weighted by molar-refractivity contribution is 6.20. The minimum atomic E-state index is -0.926. The highest BCUT2D eigenvalue weighted by atomic mass is 16.2. The van der Waals surface area contributed by atoms with Crippen molar-refractivity contribution in [2.24, 2.45) is 4.99 Å². The Bertz CT molecular complexity index is 799. The van der Waals surface area contributed by atoms with E-state index in [0.717, 1.165) is 16.8 Å². The van der Waals surface area contributed by atoms with Crippen LogP contribution in [0.4, 0.5) is 5.69 Å². The topological polar surface area (TPSA) is 61.8 Å². The van der Waals surface area contributed by atoms with Crippen LogP contribution in [0.3, 0.4) is 0 Å². The Hall–Kier alpha value is -2.95. The molecule has 0 saturated heterocycles. The summed E-state index contributed by atoms with van der Waals surface area (Å²) in [4.78, 5) is 30.7. The maximum atomic E-state index is 12.7. The molecule has 0 unspecified atom stereocenters. The molecule has 3 rings (SSSR count). The molecule has 5 heteroatoms. The van der Waals surface area contributed by atoms with Gasteiger partial charge >= 0.3 is 0 Å². The van der Waals surface area contributed by atoms with Crippen LogP contribution in [0.1, 0.15) is 24.5 Å². The molecule has 2 amide bonds. The summed E-state index contributed by atoms with van der Waals surface area (Å²) in [6.07, 6.45) is -0.624. The number of anilines is 1. The third-order valence-corrected chi connectivity index (χ3v) is 4.01. The first-order valence-corrected chi connectivity index (χ1v) is 7.91. The molecule has 5 nitrogen and oxygen atoms in total. The molecule has 0 radical (unpaired) electrons. The summed E-state index contributed by atoms with van der Waals surface area (Å²) in [6, 6.07) is 17.3. The smallest absolute Gasteiger partial charge is 0.272 e. The molecule has 0 aliphatic carbocycles. The molecule has 1 aliphatic heterocycles. The maximum absolute atomic E-state index is 12.7. The van der Waals surface area contributed by atoms with Crippen LogP contribution in [-0.2, 0) is 9.59 Å². The monoisotopic (exact) mass is 321 g/mol. The summed E-state index contributed by atoms with van der Waals surface area (Å²) in [7, 11) is 1.70.